The second-order valence-corrected chi connectivity index (χ2v) is 0.250. The van der Waals surface area contributed by atoms with Crippen LogP contribution in [0.25, 0.3) is 0 Å². The third kappa shape index (κ3) is 137. The molecule has 9 heavy (non-hydrogen) atoms. The molecule has 0 spiro atoms. The monoisotopic (exact) mass is 199 g/mol. The van der Waals surface area contributed by atoms with E-state index >= 15 is 0 Å². The van der Waals surface area contributed by atoms with Gasteiger partial charge in [0.2, 0.25) is 0 Å². The summed E-state index contributed by atoms with van der Waals surface area (Å²) in [6, 6.07) is 0. The van der Waals surface area contributed by atoms with E-state index in [-0.39, 0.29) is 94.6 Å². The molecule has 0 amide bonds. The van der Waals surface area contributed by atoms with Gasteiger partial charge in [-0.15, -0.1) is 0 Å². The van der Waals surface area contributed by atoms with Crippen LogP contribution in [0.5, 0.6) is 0 Å². The van der Waals surface area contributed by atoms with Gasteiger partial charge in [-0.2, -0.15) is 0 Å². The van der Waals surface area contributed by atoms with Crippen molar-refractivity contribution >= 4 is 87.4 Å². The van der Waals surface area contributed by atoms with Crippen LogP contribution in [0.3, 0.4) is 0 Å². The minimum absolute atomic E-state index is 0. The third-order valence-corrected chi connectivity index (χ3v) is 0. The zero-order chi connectivity index (χ0) is 2.71. The van der Waals surface area contributed by atoms with Crippen LogP contribution in [0, 0.1) is 0 Å². The first-order chi connectivity index (χ1) is 1.41. The van der Waals surface area contributed by atoms with E-state index in [1.54, 1.807) is 0 Å². The molecule has 0 fully saturated rings. The summed E-state index contributed by atoms with van der Waals surface area (Å²) in [6.45, 7) is 0. The van der Waals surface area contributed by atoms with Crippen LogP contribution in [0.1, 0.15) is 0 Å². The van der Waals surface area contributed by atoms with E-state index in [0.29, 0.717) is 0 Å². The maximum Gasteiger partial charge on any atom is 3.00 e. The first kappa shape index (κ1) is 65.4. The molecular formula is AlCaMgO5Si+. The first-order valence-electron chi connectivity index (χ1n) is 0.408. The van der Waals surface area contributed by atoms with Crippen molar-refractivity contribution in [3.63, 3.8) is 0 Å². The Balaban J connectivity index is -0.00000000133. The molecule has 0 unspecified atom stereocenters. The molecule has 40 valence electrons. The van der Waals surface area contributed by atoms with Crippen molar-refractivity contribution in [3.8, 4) is 0 Å². The second-order valence-electron chi connectivity index (χ2n) is 0.0833. The summed E-state index contributed by atoms with van der Waals surface area (Å²) < 4.78 is 16.8. The molecule has 0 bridgehead atoms. The van der Waals surface area contributed by atoms with Gasteiger partial charge in [0.15, 0.2) is 0 Å². The van der Waals surface area contributed by atoms with Gasteiger partial charge in [-0.25, -0.2) is 0 Å². The average Bonchev–Trinajstić information content (AvgIpc) is 0.918. The van der Waals surface area contributed by atoms with Crippen molar-refractivity contribution in [3.05, 3.63) is 0 Å². The zero-order valence-corrected chi connectivity index (χ0v) is 10.3. The molecule has 0 aromatic heterocycles. The zero-order valence-electron chi connectivity index (χ0n) is 4.53. The molecule has 0 aliphatic carbocycles. The Morgan fingerprint density at radius 1 is 0.889 bits per heavy atom. The Bertz CT molecular complexity index is 37.9. The topological polar surface area (TPSA) is 120 Å². The maximum atomic E-state index is 8.40. The van der Waals surface area contributed by atoms with E-state index < -0.39 is 9.29 Å². The van der Waals surface area contributed by atoms with Gasteiger partial charge in [-0.1, -0.05) is 0 Å². The molecule has 9 heteroatoms. The van der Waals surface area contributed by atoms with E-state index in [2.05, 4.69) is 0 Å². The molecule has 0 heterocycles. The van der Waals surface area contributed by atoms with Crippen LogP contribution in [0.2, 0.25) is 0 Å². The summed E-state index contributed by atoms with van der Waals surface area (Å²) in [6.07, 6.45) is 0. The smallest absolute Gasteiger partial charge is 2.00 e. The van der Waals surface area contributed by atoms with E-state index in [9.17, 15) is 0 Å². The summed E-state index contributed by atoms with van der Waals surface area (Å²) in [5, 5.41) is 0. The number of hydrogen-bond acceptors (Lipinski definition) is 2. The SMILES string of the molecule is O=[Si]=O.[Al+3].[Ca+2].[Mg+2].[O-2].[O-2].[O-2]. The Kier molecular flexibility index (Phi) is 602. The van der Waals surface area contributed by atoms with Gasteiger partial charge in [0.1, 0.15) is 0 Å². The van der Waals surface area contributed by atoms with Gasteiger partial charge >= 0.3 is 87.4 Å². The molecular weight excluding hydrogens is 199 g/mol. The predicted molar refractivity (Wildman–Crippen MR) is 26.4 cm³/mol. The molecule has 0 aromatic carbocycles. The Morgan fingerprint density at radius 3 is 0.889 bits per heavy atom. The van der Waals surface area contributed by atoms with Gasteiger partial charge in [0.05, 0.1) is 0 Å². The van der Waals surface area contributed by atoms with Gasteiger partial charge in [0.25, 0.3) is 0 Å². The predicted octanol–water partition coefficient (Wildman–Crippen LogP) is -2.12. The maximum absolute atomic E-state index is 8.40. The van der Waals surface area contributed by atoms with Crippen molar-refractivity contribution < 1.29 is 25.4 Å². The van der Waals surface area contributed by atoms with Crippen LogP contribution in [-0.4, -0.2) is 87.4 Å². The van der Waals surface area contributed by atoms with Crippen molar-refractivity contribution in [2.24, 2.45) is 0 Å². The second kappa shape index (κ2) is 82.9. The van der Waals surface area contributed by atoms with E-state index in [0.717, 1.165) is 0 Å². The Morgan fingerprint density at radius 2 is 0.889 bits per heavy atom. The summed E-state index contributed by atoms with van der Waals surface area (Å²) in [4.78, 5) is 0. The molecule has 0 saturated heterocycles. The van der Waals surface area contributed by atoms with Crippen molar-refractivity contribution in [2.75, 3.05) is 0 Å². The summed E-state index contributed by atoms with van der Waals surface area (Å²) in [7, 11) is -1.42. The van der Waals surface area contributed by atoms with Gasteiger partial charge in [0, 0.05) is 0 Å². The molecule has 5 nitrogen and oxygen atoms in total. The summed E-state index contributed by atoms with van der Waals surface area (Å²) in [5.74, 6) is 0. The fraction of sp³-hybridized carbons (Fsp3) is 0. The molecule has 0 radical (unpaired) electrons. The van der Waals surface area contributed by atoms with E-state index in [4.69, 9.17) is 8.92 Å². The molecule has 0 aromatic rings. The quantitative estimate of drug-likeness (QED) is 0.415. The van der Waals surface area contributed by atoms with Crippen LogP contribution >= 0.6 is 0 Å². The van der Waals surface area contributed by atoms with Crippen LogP contribution in [0.4, 0.5) is 0 Å². The minimum Gasteiger partial charge on any atom is -2.00 e. The van der Waals surface area contributed by atoms with Gasteiger partial charge in [-0.3, -0.25) is 8.92 Å². The standard InChI is InChI=1S/Al.Ca.Mg.O2Si.3O/c;;;1-3-2;;;/q+3;2*+2;;3*-2. The third-order valence-electron chi connectivity index (χ3n) is 0. The summed E-state index contributed by atoms with van der Waals surface area (Å²) in [5.41, 5.74) is 0. The largest absolute Gasteiger partial charge is 3.00 e. The van der Waals surface area contributed by atoms with Crippen molar-refractivity contribution in [2.45, 2.75) is 0 Å². The minimum atomic E-state index is -1.42. The first-order valence-corrected chi connectivity index (χ1v) is 1.22. The van der Waals surface area contributed by atoms with Crippen LogP contribution in [-0.2, 0) is 25.4 Å². The fourth-order valence-electron chi connectivity index (χ4n) is 0. The number of hydrogen-bond donors (Lipinski definition) is 0. The molecule has 0 aliphatic heterocycles. The fourth-order valence-corrected chi connectivity index (χ4v) is 0. The number of rotatable bonds is 0. The van der Waals surface area contributed by atoms with Crippen LogP contribution < -0.4 is 0 Å². The average molecular weight is 199 g/mol. The van der Waals surface area contributed by atoms with E-state index in [1.807, 2.05) is 0 Å². The van der Waals surface area contributed by atoms with Crippen LogP contribution in [0.15, 0.2) is 0 Å². The summed E-state index contributed by atoms with van der Waals surface area (Å²) >= 11 is 0. The molecule has 0 rings (SSSR count). The Labute approximate surface area is 111 Å². The van der Waals surface area contributed by atoms with Crippen molar-refractivity contribution in [1.29, 1.82) is 0 Å². The molecule has 0 aliphatic rings. The molecule has 0 atom stereocenters. The van der Waals surface area contributed by atoms with Gasteiger partial charge in [-0.05, 0) is 0 Å². The van der Waals surface area contributed by atoms with E-state index in [1.165, 1.54) is 0 Å². The Hall–Kier alpha value is 2.26. The van der Waals surface area contributed by atoms with Gasteiger partial charge < -0.3 is 16.4 Å². The normalized spacial score (nSPS) is 0.889. The van der Waals surface area contributed by atoms with Crippen molar-refractivity contribution in [1.82, 2.24) is 0 Å². The molecule has 0 N–H and O–H groups in total. The molecule has 0 saturated carbocycles.